The molecule has 2 saturated carbocycles. The van der Waals surface area contributed by atoms with Crippen molar-refractivity contribution in [1.82, 2.24) is 21.3 Å². The van der Waals surface area contributed by atoms with Gasteiger partial charge in [-0.2, -0.15) is 5.26 Å². The van der Waals surface area contributed by atoms with Crippen molar-refractivity contribution in [2.75, 3.05) is 43.7 Å². The second kappa shape index (κ2) is 28.5. The van der Waals surface area contributed by atoms with Gasteiger partial charge in [-0.05, 0) is 115 Å². The van der Waals surface area contributed by atoms with Crippen molar-refractivity contribution in [2.45, 2.75) is 146 Å². The first-order valence-electron chi connectivity index (χ1n) is 30.3. The second-order valence-corrected chi connectivity index (χ2v) is 25.5. The fourth-order valence-corrected chi connectivity index (χ4v) is 13.0. The van der Waals surface area contributed by atoms with Gasteiger partial charge in [-0.25, -0.2) is 19.2 Å². The summed E-state index contributed by atoms with van der Waals surface area (Å²) in [7, 11) is -0.345. The molecular weight excluding hydrogens is 1230 g/mol. The molecule has 28 heteroatoms. The van der Waals surface area contributed by atoms with Gasteiger partial charge in [0, 0.05) is 46.7 Å². The van der Waals surface area contributed by atoms with Crippen LogP contribution in [-0.2, 0) is 18.8 Å². The van der Waals surface area contributed by atoms with E-state index >= 15 is 0 Å². The maximum atomic E-state index is 12.9. The van der Waals surface area contributed by atoms with Crippen LogP contribution in [0.25, 0.3) is 0 Å². The van der Waals surface area contributed by atoms with Crippen LogP contribution >= 0.6 is 0 Å². The Morgan fingerprint density at radius 3 is 1.41 bits per heavy atom. The third kappa shape index (κ3) is 14.1. The topological polar surface area (TPSA) is 434 Å². The fraction of sp³-hybridized carbons (Fsp3) is 0.433. The molecule has 0 unspecified atom stereocenters. The number of nitriles is 1. The van der Waals surface area contributed by atoms with Gasteiger partial charge in [0.15, 0.2) is 29.6 Å². The standard InChI is InChI=1S/C26H31N3O8.C18H25N3O6.C13H17BO3.C10H9NO3/c1-13-7-5-10-18(32)19(13)22(33)37-12-25(36)20(27-17-9-6-8-16(11-17)14(2)30)21-26(15(3)31,24(25,4)35)29-23(34)28-21;1-9(23)11-5-4-6-12(7-11)19-13-14-18(10(2)24,21-15(25)20-14)16(3,26)17(13,27)8-22;1-10(15)11-5-4-6-12(7-11)14-16-8-13(2,3)9-17-14;1-7-3-2-4-8(12)9(7)10(13)14-6-5-11/h5-11,15,20-21,27,31-32,35-36H,12H2,1-4H3,(H2,28,29,34);4-7,10,13-14,19,22,24,26-27H,8H2,1-3H3,(H2,20,21,25);4-7H,8-9H2,1-3H3;2-4,12H,6H2,1H3/t15-,20-,21-,24-,25+,26-;10-,13-,14-,16-,17+,18-;;/m00../s1. The summed E-state index contributed by atoms with van der Waals surface area (Å²) in [6.07, 6.45) is -2.60. The maximum Gasteiger partial charge on any atom is 0.493 e. The SMILES string of the molecule is CC(=O)c1cccc(B2OCC(C)(C)CO2)c1.CC(=O)c1cccc(N[C@H]2[C@@H]3NC(=O)N[C@]3([C@H](C)O)[C@@](C)(O)[C@@]2(O)CO)c1.CC(=O)c1cccc(N[C@H]2[C@@H]3NC(=O)N[C@]3([C@H](C)O)[C@@](C)(O)[C@@]2(O)COC(=O)c2c(C)cccc2O)c1.Cc1cccc(O)c1C(=O)OCC#N. The minimum Gasteiger partial charge on any atom is -0.507 e. The van der Waals surface area contributed by atoms with Crippen LogP contribution in [0, 0.1) is 30.6 Å². The van der Waals surface area contributed by atoms with E-state index < -0.39 is 107 Å². The number of nitrogens with zero attached hydrogens (tertiary/aromatic N) is 1. The molecule has 95 heavy (non-hydrogen) atoms. The van der Waals surface area contributed by atoms with Crippen LogP contribution < -0.4 is 37.4 Å². The molecule has 12 atom stereocenters. The van der Waals surface area contributed by atoms with Crippen LogP contribution in [-0.4, -0.2) is 197 Å². The third-order valence-corrected chi connectivity index (χ3v) is 18.3. The number of aryl methyl sites for hydroxylation is 2. The van der Waals surface area contributed by atoms with Gasteiger partial charge in [-0.1, -0.05) is 86.6 Å². The number of phenols is 2. The van der Waals surface area contributed by atoms with Gasteiger partial charge in [0.2, 0.25) is 0 Å². The highest BCUT2D eigenvalue weighted by atomic mass is 16.6. The summed E-state index contributed by atoms with van der Waals surface area (Å²) < 4.78 is 21.4. The zero-order valence-corrected chi connectivity index (χ0v) is 54.4. The van der Waals surface area contributed by atoms with Crippen LogP contribution in [0.5, 0.6) is 11.5 Å². The molecule has 5 fully saturated rings. The van der Waals surface area contributed by atoms with Crippen molar-refractivity contribution in [1.29, 1.82) is 5.26 Å². The molecule has 3 heterocycles. The molecule has 10 rings (SSSR count). The summed E-state index contributed by atoms with van der Waals surface area (Å²) in [5, 5.41) is 122. The van der Waals surface area contributed by atoms with E-state index in [1.807, 2.05) is 18.2 Å². The number of ketones is 3. The number of aliphatic hydroxyl groups is 7. The molecule has 5 aliphatic rings. The van der Waals surface area contributed by atoms with Crippen molar-refractivity contribution in [3.63, 3.8) is 0 Å². The number of esters is 2. The van der Waals surface area contributed by atoms with Crippen LogP contribution in [0.2, 0.25) is 0 Å². The first-order valence-corrected chi connectivity index (χ1v) is 30.3. The Morgan fingerprint density at radius 2 is 1.01 bits per heavy atom. The van der Waals surface area contributed by atoms with Crippen LogP contribution in [0.4, 0.5) is 21.0 Å². The number of urea groups is 2. The highest BCUT2D eigenvalue weighted by Gasteiger charge is 2.80. The molecule has 3 saturated heterocycles. The number of hydrogen-bond acceptors (Lipinski definition) is 23. The number of phenolic OH excluding ortho intramolecular Hbond substituents is 2. The van der Waals surface area contributed by atoms with Gasteiger partial charge in [0.1, 0.15) is 63.2 Å². The number of rotatable bonds is 16. The number of benzene rings is 5. The highest BCUT2D eigenvalue weighted by Crippen LogP contribution is 2.53. The number of ether oxygens (including phenoxy) is 2. The third-order valence-electron chi connectivity index (χ3n) is 18.3. The average Bonchev–Trinajstić information content (AvgIpc) is 1.53. The molecule has 0 bridgehead atoms. The predicted octanol–water partition coefficient (Wildman–Crippen LogP) is 2.83. The van der Waals surface area contributed by atoms with Crippen LogP contribution in [0.3, 0.4) is 0 Å². The van der Waals surface area contributed by atoms with Crippen molar-refractivity contribution in [3.05, 3.63) is 148 Å². The van der Waals surface area contributed by atoms with Crippen molar-refractivity contribution < 1.29 is 98.3 Å². The lowest BCUT2D eigenvalue weighted by atomic mass is 9.74. The molecule has 4 amide bonds. The van der Waals surface area contributed by atoms with E-state index in [0.717, 1.165) is 5.46 Å². The van der Waals surface area contributed by atoms with Crippen LogP contribution in [0.1, 0.15) is 125 Å². The summed E-state index contributed by atoms with van der Waals surface area (Å²) >= 11 is 0. The minimum atomic E-state index is -2.28. The van der Waals surface area contributed by atoms with E-state index in [4.69, 9.17) is 19.3 Å². The lowest BCUT2D eigenvalue weighted by molar-refractivity contribution is -0.184. The number of carbonyl (C=O) groups excluding carboxylic acids is 7. The van der Waals surface area contributed by atoms with Gasteiger partial charge < -0.3 is 96.6 Å². The normalized spacial score (nSPS) is 27.9. The Labute approximate surface area is 548 Å². The quantitative estimate of drug-likeness (QED) is 0.0384. The zero-order chi connectivity index (χ0) is 70.6. The van der Waals surface area contributed by atoms with Crippen molar-refractivity contribution in [2.24, 2.45) is 5.41 Å². The van der Waals surface area contributed by atoms with E-state index in [0.29, 0.717) is 52.4 Å². The summed E-state index contributed by atoms with van der Waals surface area (Å²) in [5.74, 6) is -2.34. The van der Waals surface area contributed by atoms with Crippen molar-refractivity contribution in [3.8, 4) is 17.6 Å². The molecule has 15 N–H and O–H groups in total. The molecule has 5 aromatic carbocycles. The number of anilines is 2. The molecule has 0 radical (unpaired) electrons. The first-order chi connectivity index (χ1) is 44.4. The summed E-state index contributed by atoms with van der Waals surface area (Å²) in [6, 6.07) is 25.7. The fourth-order valence-electron chi connectivity index (χ4n) is 13.0. The summed E-state index contributed by atoms with van der Waals surface area (Å²) in [4.78, 5) is 83.5. The zero-order valence-electron chi connectivity index (χ0n) is 54.4. The number of nitrogens with one attached hydrogen (secondary N) is 6. The Bertz CT molecular complexity index is 3730. The summed E-state index contributed by atoms with van der Waals surface area (Å²) in [6.45, 7) is 16.6. The van der Waals surface area contributed by atoms with E-state index in [-0.39, 0.29) is 59.1 Å². The monoisotopic (exact) mass is 1320 g/mol. The van der Waals surface area contributed by atoms with E-state index in [9.17, 15) is 79.5 Å². The lowest BCUT2D eigenvalue weighted by Crippen LogP contribution is -2.72. The smallest absolute Gasteiger partial charge is 0.493 e. The Kier molecular flexibility index (Phi) is 22.0. The lowest BCUT2D eigenvalue weighted by Gasteiger charge is -2.46. The van der Waals surface area contributed by atoms with Gasteiger partial charge >= 0.3 is 31.1 Å². The number of aliphatic hydroxyl groups excluding tert-OH is 3. The largest absolute Gasteiger partial charge is 0.507 e. The first kappa shape index (κ1) is 73.4. The number of carbonyl (C=O) groups is 7. The molecule has 2 aliphatic carbocycles. The van der Waals surface area contributed by atoms with E-state index in [2.05, 4.69) is 50.5 Å². The maximum absolute atomic E-state index is 12.9. The molecular formula is C67H82BN7O20. The molecule has 3 aliphatic heterocycles. The molecule has 508 valence electrons. The van der Waals surface area contributed by atoms with Gasteiger partial charge in [-0.3, -0.25) is 14.4 Å². The molecule has 0 spiro atoms. The van der Waals surface area contributed by atoms with Crippen molar-refractivity contribution >= 4 is 65.3 Å². The minimum absolute atomic E-state index is 0.0583. The molecule has 5 aromatic rings. The Morgan fingerprint density at radius 1 is 0.621 bits per heavy atom. The second-order valence-electron chi connectivity index (χ2n) is 25.5. The Balaban J connectivity index is 0.000000192. The number of Topliss-reactive ketones (excluding diaryl/α,β-unsaturated/α-hetero) is 3. The molecule has 0 aromatic heterocycles. The summed E-state index contributed by atoms with van der Waals surface area (Å²) in [5.41, 5.74) is -7.74. The number of aromatic hydroxyl groups is 2. The average molecular weight is 1320 g/mol. The van der Waals surface area contributed by atoms with E-state index in [1.54, 1.807) is 106 Å². The number of fused-ring (bicyclic) bond motifs is 2. The molecule has 27 nitrogen and oxygen atoms in total. The van der Waals surface area contributed by atoms with Crippen LogP contribution in [0.15, 0.2) is 109 Å². The van der Waals surface area contributed by atoms with Gasteiger partial charge in [0.05, 0.1) is 43.0 Å². The van der Waals surface area contributed by atoms with Gasteiger partial charge in [0.25, 0.3) is 0 Å². The van der Waals surface area contributed by atoms with Gasteiger partial charge in [-0.15, -0.1) is 0 Å². The number of hydrogen-bond donors (Lipinski definition) is 15. The van der Waals surface area contributed by atoms with E-state index in [1.165, 1.54) is 53.7 Å². The Hall–Kier alpha value is -9.02. The highest BCUT2D eigenvalue weighted by molar-refractivity contribution is 6.61. The number of amides is 4. The predicted molar refractivity (Wildman–Crippen MR) is 345 cm³/mol.